The Morgan fingerprint density at radius 2 is 1.71 bits per heavy atom. The SMILES string of the molecule is CC(C)Oc1ccc(C(=O)N2CN(Nc3ccc(N4CCCCC4)cc3)C(N)=N2)cc1. The second-order valence-electron chi connectivity index (χ2n) is 8.13. The maximum Gasteiger partial charge on any atom is 0.275 e. The summed E-state index contributed by atoms with van der Waals surface area (Å²) < 4.78 is 5.63. The van der Waals surface area contributed by atoms with Gasteiger partial charge in [-0.2, -0.15) is 0 Å². The average molecular weight is 423 g/mol. The van der Waals surface area contributed by atoms with Crippen LogP contribution in [0.2, 0.25) is 0 Å². The lowest BCUT2D eigenvalue weighted by atomic mass is 10.1. The van der Waals surface area contributed by atoms with Crippen molar-refractivity contribution in [2.75, 3.05) is 30.1 Å². The third kappa shape index (κ3) is 5.02. The summed E-state index contributed by atoms with van der Waals surface area (Å²) in [7, 11) is 0. The van der Waals surface area contributed by atoms with E-state index >= 15 is 0 Å². The first-order valence-corrected chi connectivity index (χ1v) is 10.8. The first kappa shape index (κ1) is 20.8. The molecule has 0 aliphatic carbocycles. The van der Waals surface area contributed by atoms with Crippen LogP contribution in [0.15, 0.2) is 53.6 Å². The van der Waals surface area contributed by atoms with Gasteiger partial charge in [-0.1, -0.05) is 0 Å². The molecule has 2 aromatic carbocycles. The molecule has 2 aliphatic rings. The van der Waals surface area contributed by atoms with Gasteiger partial charge in [0.15, 0.2) is 0 Å². The second-order valence-corrected chi connectivity index (χ2v) is 8.13. The van der Waals surface area contributed by atoms with Crippen LogP contribution in [0, 0.1) is 0 Å². The van der Waals surface area contributed by atoms with Crippen molar-refractivity contribution in [2.45, 2.75) is 39.2 Å². The number of ether oxygens (including phenoxy) is 1. The van der Waals surface area contributed by atoms with Gasteiger partial charge >= 0.3 is 0 Å². The molecule has 1 fully saturated rings. The molecule has 31 heavy (non-hydrogen) atoms. The van der Waals surface area contributed by atoms with E-state index in [0.29, 0.717) is 5.56 Å². The van der Waals surface area contributed by atoms with Gasteiger partial charge in [0.2, 0.25) is 5.96 Å². The van der Waals surface area contributed by atoms with E-state index < -0.39 is 0 Å². The number of guanidine groups is 1. The summed E-state index contributed by atoms with van der Waals surface area (Å²) in [5, 5.41) is 7.21. The fourth-order valence-electron chi connectivity index (χ4n) is 3.77. The van der Waals surface area contributed by atoms with Crippen LogP contribution >= 0.6 is 0 Å². The van der Waals surface area contributed by atoms with Crippen molar-refractivity contribution >= 4 is 23.2 Å². The molecule has 1 saturated heterocycles. The Hall–Kier alpha value is -3.42. The highest BCUT2D eigenvalue weighted by Gasteiger charge is 2.27. The number of nitrogens with one attached hydrogen (secondary N) is 1. The number of hydrazone groups is 1. The number of nitrogens with zero attached hydrogens (tertiary/aromatic N) is 4. The highest BCUT2D eigenvalue weighted by Crippen LogP contribution is 2.23. The first-order chi connectivity index (χ1) is 15.0. The summed E-state index contributed by atoms with van der Waals surface area (Å²) in [4.78, 5) is 15.2. The number of hydrazine groups is 1. The van der Waals surface area contributed by atoms with Crippen LogP contribution < -0.4 is 20.8 Å². The Labute approximate surface area is 183 Å². The van der Waals surface area contributed by atoms with Gasteiger partial charge in [-0.3, -0.25) is 10.2 Å². The van der Waals surface area contributed by atoms with Gasteiger partial charge in [0.1, 0.15) is 12.4 Å². The standard InChI is InChI=1S/C23H30N6O2/c1-17(2)31-21-12-6-18(7-13-21)22(30)28-16-29(23(24)26-28)25-19-8-10-20(11-9-19)27-14-4-3-5-15-27/h6-13,17,25H,3-5,14-16H2,1-2H3,(H2,24,26). The van der Waals surface area contributed by atoms with Crippen LogP contribution in [0.3, 0.4) is 0 Å². The minimum absolute atomic E-state index is 0.0816. The van der Waals surface area contributed by atoms with Crippen molar-refractivity contribution in [3.8, 4) is 5.75 Å². The number of nitrogens with two attached hydrogens (primary N) is 1. The predicted octanol–water partition coefficient (Wildman–Crippen LogP) is 3.44. The zero-order valence-electron chi connectivity index (χ0n) is 18.1. The number of rotatable bonds is 6. The molecule has 4 rings (SSSR count). The molecule has 3 N–H and O–H groups in total. The van der Waals surface area contributed by atoms with Gasteiger partial charge in [-0.05, 0) is 81.6 Å². The minimum Gasteiger partial charge on any atom is -0.491 e. The lowest BCUT2D eigenvalue weighted by Crippen LogP contribution is -2.40. The topological polar surface area (TPSA) is 86.4 Å². The molecule has 2 aliphatic heterocycles. The fourth-order valence-corrected chi connectivity index (χ4v) is 3.77. The quantitative estimate of drug-likeness (QED) is 0.742. The van der Waals surface area contributed by atoms with Crippen molar-refractivity contribution in [3.05, 3.63) is 54.1 Å². The second kappa shape index (κ2) is 9.16. The van der Waals surface area contributed by atoms with Crippen molar-refractivity contribution in [1.82, 2.24) is 10.0 Å². The molecule has 0 radical (unpaired) electrons. The zero-order chi connectivity index (χ0) is 21.8. The van der Waals surface area contributed by atoms with E-state index in [0.717, 1.165) is 24.5 Å². The molecule has 0 aromatic heterocycles. The fraction of sp³-hybridized carbons (Fsp3) is 0.391. The highest BCUT2D eigenvalue weighted by molar-refractivity contribution is 5.96. The normalized spacial score (nSPS) is 16.5. The summed E-state index contributed by atoms with van der Waals surface area (Å²) in [6.45, 7) is 6.37. The summed E-state index contributed by atoms with van der Waals surface area (Å²) in [5.41, 5.74) is 11.9. The first-order valence-electron chi connectivity index (χ1n) is 10.8. The molecule has 0 saturated carbocycles. The Bertz CT molecular complexity index is 920. The lowest BCUT2D eigenvalue weighted by Gasteiger charge is -2.29. The zero-order valence-corrected chi connectivity index (χ0v) is 18.1. The average Bonchev–Trinajstić information content (AvgIpc) is 3.15. The van der Waals surface area contributed by atoms with E-state index in [1.807, 2.05) is 26.0 Å². The maximum atomic E-state index is 12.8. The van der Waals surface area contributed by atoms with Crippen LogP contribution in [0.4, 0.5) is 11.4 Å². The van der Waals surface area contributed by atoms with E-state index in [-0.39, 0.29) is 24.6 Å². The van der Waals surface area contributed by atoms with Gasteiger partial charge < -0.3 is 15.4 Å². The molecule has 1 amide bonds. The molecule has 8 nitrogen and oxygen atoms in total. The van der Waals surface area contributed by atoms with Crippen LogP contribution in [0.5, 0.6) is 5.75 Å². The highest BCUT2D eigenvalue weighted by atomic mass is 16.5. The number of hydrogen-bond donors (Lipinski definition) is 2. The third-order valence-electron chi connectivity index (χ3n) is 5.34. The van der Waals surface area contributed by atoms with Gasteiger partial charge in [-0.25, -0.2) is 10.0 Å². The molecule has 0 unspecified atom stereocenters. The monoisotopic (exact) mass is 422 g/mol. The van der Waals surface area contributed by atoms with Crippen LogP contribution in [0.1, 0.15) is 43.5 Å². The van der Waals surface area contributed by atoms with Crippen LogP contribution in [-0.2, 0) is 0 Å². The Morgan fingerprint density at radius 1 is 1.03 bits per heavy atom. The van der Waals surface area contributed by atoms with Crippen LogP contribution in [-0.4, -0.2) is 47.7 Å². The lowest BCUT2D eigenvalue weighted by molar-refractivity contribution is 0.0744. The largest absolute Gasteiger partial charge is 0.491 e. The van der Waals surface area contributed by atoms with Gasteiger partial charge in [0, 0.05) is 24.3 Å². The molecule has 2 aromatic rings. The number of benzene rings is 2. The summed E-state index contributed by atoms with van der Waals surface area (Å²) in [5.74, 6) is 0.754. The number of carbonyl (C=O) groups is 1. The molecule has 8 heteroatoms. The van der Waals surface area contributed by atoms with E-state index in [4.69, 9.17) is 10.5 Å². The smallest absolute Gasteiger partial charge is 0.275 e. The van der Waals surface area contributed by atoms with E-state index in [9.17, 15) is 4.79 Å². The summed E-state index contributed by atoms with van der Waals surface area (Å²) in [6, 6.07) is 15.3. The third-order valence-corrected chi connectivity index (χ3v) is 5.34. The van der Waals surface area contributed by atoms with Crippen molar-refractivity contribution < 1.29 is 9.53 Å². The number of carbonyl (C=O) groups excluding carboxylic acids is 1. The van der Waals surface area contributed by atoms with Gasteiger partial charge in [-0.15, -0.1) is 5.10 Å². The number of piperidine rings is 1. The summed E-state index contributed by atoms with van der Waals surface area (Å²) >= 11 is 0. The molecular weight excluding hydrogens is 392 g/mol. The number of hydrogen-bond acceptors (Lipinski definition) is 7. The Kier molecular flexibility index (Phi) is 6.16. The van der Waals surface area contributed by atoms with E-state index in [1.54, 1.807) is 29.3 Å². The Balaban J connectivity index is 1.35. The van der Waals surface area contributed by atoms with Crippen LogP contribution in [0.25, 0.3) is 0 Å². The van der Waals surface area contributed by atoms with Gasteiger partial charge in [0.25, 0.3) is 5.91 Å². The molecule has 164 valence electrons. The van der Waals surface area contributed by atoms with Crippen molar-refractivity contribution in [3.63, 3.8) is 0 Å². The van der Waals surface area contributed by atoms with Crippen molar-refractivity contribution in [2.24, 2.45) is 10.8 Å². The van der Waals surface area contributed by atoms with E-state index in [2.05, 4.69) is 27.6 Å². The predicted molar refractivity (Wildman–Crippen MR) is 123 cm³/mol. The number of anilines is 2. The molecular formula is C23H30N6O2. The minimum atomic E-state index is -0.219. The number of amides is 1. The molecule has 0 bridgehead atoms. The van der Waals surface area contributed by atoms with Gasteiger partial charge in [0.05, 0.1) is 11.8 Å². The molecule has 0 atom stereocenters. The maximum absolute atomic E-state index is 12.8. The van der Waals surface area contributed by atoms with E-state index in [1.165, 1.54) is 30.0 Å². The molecule has 2 heterocycles. The summed E-state index contributed by atoms with van der Waals surface area (Å²) in [6.07, 6.45) is 3.89. The Morgan fingerprint density at radius 3 is 2.35 bits per heavy atom. The van der Waals surface area contributed by atoms with Crippen molar-refractivity contribution in [1.29, 1.82) is 0 Å². The molecule has 0 spiro atoms.